The molecule has 9 heteroatoms. The second-order valence-corrected chi connectivity index (χ2v) is 7.38. The molecule has 2 aromatic carbocycles. The van der Waals surface area contributed by atoms with Crippen molar-refractivity contribution >= 4 is 59.9 Å². The van der Waals surface area contributed by atoms with Crippen molar-refractivity contribution in [2.75, 3.05) is 19.5 Å². The van der Waals surface area contributed by atoms with E-state index in [9.17, 15) is 4.39 Å². The van der Waals surface area contributed by atoms with E-state index >= 15 is 0 Å². The van der Waals surface area contributed by atoms with Crippen molar-refractivity contribution in [2.45, 2.75) is 0 Å². The van der Waals surface area contributed by atoms with Gasteiger partial charge in [-0.05, 0) is 44.0 Å². The number of nitrogens with zero attached hydrogens (tertiary/aromatic N) is 3. The van der Waals surface area contributed by atoms with E-state index in [0.717, 1.165) is 11.0 Å². The number of rotatable bonds is 4. The molecule has 2 aromatic heterocycles. The molecular weight excluding hydrogens is 483 g/mol. The first-order valence-corrected chi connectivity index (χ1v) is 9.39. The lowest BCUT2D eigenvalue weighted by Crippen LogP contribution is -2.01. The molecule has 0 spiro atoms. The molecule has 138 valence electrons. The smallest absolute Gasteiger partial charge is 0.163 e. The molecule has 4 rings (SSSR count). The van der Waals surface area contributed by atoms with Gasteiger partial charge in [0.2, 0.25) is 0 Å². The summed E-state index contributed by atoms with van der Waals surface area (Å²) in [6.07, 6.45) is 3.40. The van der Waals surface area contributed by atoms with Crippen LogP contribution in [0.3, 0.4) is 0 Å². The largest absolute Gasteiger partial charge is 0.493 e. The second-order valence-electron chi connectivity index (χ2n) is 5.67. The number of methoxy groups -OCH3 is 2. The summed E-state index contributed by atoms with van der Waals surface area (Å²) in [6, 6.07) is 6.42. The van der Waals surface area contributed by atoms with Crippen LogP contribution in [0, 0.1) is 5.82 Å². The number of hydrogen-bond donors (Lipinski definition) is 1. The SMILES string of the molecule is COc1cc2nc(Nc3c(Br)cc(F)cc3Br)c3cncn3c2cc1OC. The zero-order valence-electron chi connectivity index (χ0n) is 14.3. The van der Waals surface area contributed by atoms with Gasteiger partial charge in [0, 0.05) is 21.1 Å². The van der Waals surface area contributed by atoms with Crippen molar-refractivity contribution in [2.24, 2.45) is 0 Å². The maximum atomic E-state index is 13.6. The zero-order chi connectivity index (χ0) is 19.1. The molecular formula is C18H13Br2FN4O2. The summed E-state index contributed by atoms with van der Waals surface area (Å²) < 4.78 is 27.4. The lowest BCUT2D eigenvalue weighted by atomic mass is 10.2. The van der Waals surface area contributed by atoms with E-state index in [1.165, 1.54) is 12.1 Å². The average molecular weight is 496 g/mol. The molecule has 0 fully saturated rings. The van der Waals surface area contributed by atoms with Crippen LogP contribution in [-0.2, 0) is 0 Å². The van der Waals surface area contributed by atoms with Gasteiger partial charge < -0.3 is 14.8 Å². The van der Waals surface area contributed by atoms with Crippen LogP contribution in [-0.4, -0.2) is 28.6 Å². The summed E-state index contributed by atoms with van der Waals surface area (Å²) in [7, 11) is 3.16. The third-order valence-electron chi connectivity index (χ3n) is 4.10. The van der Waals surface area contributed by atoms with E-state index in [1.54, 1.807) is 32.8 Å². The van der Waals surface area contributed by atoms with Crippen LogP contribution in [0.5, 0.6) is 11.5 Å². The Hall–Kier alpha value is -2.39. The molecule has 0 bridgehead atoms. The van der Waals surface area contributed by atoms with E-state index in [-0.39, 0.29) is 5.82 Å². The lowest BCUT2D eigenvalue weighted by molar-refractivity contribution is 0.355. The Balaban J connectivity index is 1.94. The summed E-state index contributed by atoms with van der Waals surface area (Å²) >= 11 is 6.76. The Kier molecular flexibility index (Phi) is 4.65. The molecule has 4 aromatic rings. The van der Waals surface area contributed by atoms with Crippen LogP contribution in [0.15, 0.2) is 45.7 Å². The first-order valence-electron chi connectivity index (χ1n) is 7.81. The summed E-state index contributed by atoms with van der Waals surface area (Å²) in [4.78, 5) is 8.95. The number of ether oxygens (including phenoxy) is 2. The fraction of sp³-hybridized carbons (Fsp3) is 0.111. The molecule has 0 radical (unpaired) electrons. The van der Waals surface area contributed by atoms with E-state index < -0.39 is 0 Å². The van der Waals surface area contributed by atoms with Crippen molar-refractivity contribution in [1.29, 1.82) is 0 Å². The summed E-state index contributed by atoms with van der Waals surface area (Å²) in [5.41, 5.74) is 2.93. The molecule has 0 aliphatic carbocycles. The maximum Gasteiger partial charge on any atom is 0.163 e. The van der Waals surface area contributed by atoms with Gasteiger partial charge in [0.1, 0.15) is 11.3 Å². The predicted molar refractivity (Wildman–Crippen MR) is 109 cm³/mol. The molecule has 6 nitrogen and oxygen atoms in total. The standard InChI is InChI=1S/C18H13Br2FN4O2/c1-26-15-5-12-13(6-16(15)27-2)25-8-22-7-14(25)18(23-12)24-17-10(19)3-9(21)4-11(17)20/h3-8H,1-2H3,(H,23,24). The third kappa shape index (κ3) is 3.10. The van der Waals surface area contributed by atoms with Gasteiger partial charge in [0.05, 0.1) is 43.5 Å². The van der Waals surface area contributed by atoms with E-state index in [2.05, 4.69) is 42.2 Å². The van der Waals surface area contributed by atoms with Crippen LogP contribution in [0.4, 0.5) is 15.9 Å². The van der Waals surface area contributed by atoms with Crippen molar-refractivity contribution in [1.82, 2.24) is 14.4 Å². The highest BCUT2D eigenvalue weighted by Gasteiger charge is 2.15. The number of anilines is 2. The topological polar surface area (TPSA) is 60.7 Å². The minimum absolute atomic E-state index is 0.350. The Labute approximate surface area is 170 Å². The minimum Gasteiger partial charge on any atom is -0.493 e. The van der Waals surface area contributed by atoms with Gasteiger partial charge in [-0.2, -0.15) is 0 Å². The van der Waals surface area contributed by atoms with Crippen molar-refractivity contribution in [3.63, 3.8) is 0 Å². The molecule has 2 heterocycles. The first kappa shape index (κ1) is 18.0. The highest BCUT2D eigenvalue weighted by Crippen LogP contribution is 2.37. The van der Waals surface area contributed by atoms with E-state index in [4.69, 9.17) is 14.5 Å². The molecule has 27 heavy (non-hydrogen) atoms. The van der Waals surface area contributed by atoms with E-state index in [0.29, 0.717) is 37.5 Å². The molecule has 1 N–H and O–H groups in total. The first-order chi connectivity index (χ1) is 13.0. The quantitative estimate of drug-likeness (QED) is 0.416. The van der Waals surface area contributed by atoms with Crippen molar-refractivity contribution < 1.29 is 13.9 Å². The monoisotopic (exact) mass is 494 g/mol. The summed E-state index contributed by atoms with van der Waals surface area (Å²) in [5.74, 6) is 1.40. The molecule has 0 saturated carbocycles. The van der Waals surface area contributed by atoms with Crippen LogP contribution in [0.2, 0.25) is 0 Å². The number of nitrogens with one attached hydrogen (secondary N) is 1. The summed E-state index contributed by atoms with van der Waals surface area (Å²) in [5, 5.41) is 3.25. The lowest BCUT2D eigenvalue weighted by Gasteiger charge is -2.14. The van der Waals surface area contributed by atoms with Crippen LogP contribution < -0.4 is 14.8 Å². The number of imidazole rings is 1. The normalized spacial score (nSPS) is 11.1. The Morgan fingerprint density at radius 2 is 1.67 bits per heavy atom. The highest BCUT2D eigenvalue weighted by molar-refractivity contribution is 9.11. The zero-order valence-corrected chi connectivity index (χ0v) is 17.4. The van der Waals surface area contributed by atoms with Gasteiger partial charge in [0.15, 0.2) is 17.3 Å². The predicted octanol–water partition coefficient (Wildman–Crippen LogP) is 5.31. The second kappa shape index (κ2) is 6.97. The van der Waals surface area contributed by atoms with Crippen LogP contribution in [0.25, 0.3) is 16.6 Å². The van der Waals surface area contributed by atoms with E-state index in [1.807, 2.05) is 10.5 Å². The fourth-order valence-corrected chi connectivity index (χ4v) is 4.18. The van der Waals surface area contributed by atoms with Crippen molar-refractivity contribution in [3.8, 4) is 11.5 Å². The molecule has 0 atom stereocenters. The fourth-order valence-electron chi connectivity index (χ4n) is 2.85. The Bertz CT molecular complexity index is 1160. The molecule has 0 amide bonds. The summed E-state index contributed by atoms with van der Waals surface area (Å²) in [6.45, 7) is 0. The van der Waals surface area contributed by atoms with Crippen LogP contribution >= 0.6 is 31.9 Å². The Morgan fingerprint density at radius 3 is 2.33 bits per heavy atom. The number of aromatic nitrogens is 3. The maximum absolute atomic E-state index is 13.6. The number of benzene rings is 2. The Morgan fingerprint density at radius 1 is 1.00 bits per heavy atom. The van der Waals surface area contributed by atoms with Gasteiger partial charge in [-0.15, -0.1) is 0 Å². The minimum atomic E-state index is -0.350. The molecule has 0 saturated heterocycles. The molecule has 0 aliphatic heterocycles. The van der Waals surface area contributed by atoms with Crippen LogP contribution in [0.1, 0.15) is 0 Å². The van der Waals surface area contributed by atoms with Gasteiger partial charge >= 0.3 is 0 Å². The number of hydrogen-bond acceptors (Lipinski definition) is 5. The van der Waals surface area contributed by atoms with Gasteiger partial charge in [-0.3, -0.25) is 4.40 Å². The van der Waals surface area contributed by atoms with Gasteiger partial charge in [-0.1, -0.05) is 0 Å². The molecule has 0 unspecified atom stereocenters. The number of fused-ring (bicyclic) bond motifs is 3. The van der Waals surface area contributed by atoms with Gasteiger partial charge in [-0.25, -0.2) is 14.4 Å². The highest BCUT2D eigenvalue weighted by atomic mass is 79.9. The number of halogens is 3. The van der Waals surface area contributed by atoms with Gasteiger partial charge in [0.25, 0.3) is 0 Å². The molecule has 0 aliphatic rings. The average Bonchev–Trinajstić information content (AvgIpc) is 3.13. The third-order valence-corrected chi connectivity index (χ3v) is 5.35. The van der Waals surface area contributed by atoms with Crippen molar-refractivity contribution in [3.05, 3.63) is 51.6 Å².